The van der Waals surface area contributed by atoms with Crippen LogP contribution in [0.4, 0.5) is 4.79 Å². The molecule has 1 unspecified atom stereocenters. The third kappa shape index (κ3) is 6.06. The molecule has 3 saturated heterocycles. The van der Waals surface area contributed by atoms with Gasteiger partial charge < -0.3 is 20.3 Å². The van der Waals surface area contributed by atoms with Gasteiger partial charge in [0.2, 0.25) is 0 Å². The Kier molecular flexibility index (Phi) is 7.76. The fourth-order valence-corrected chi connectivity index (χ4v) is 4.52. The fourth-order valence-electron chi connectivity index (χ4n) is 4.52. The summed E-state index contributed by atoms with van der Waals surface area (Å²) in [6.45, 7) is 12.1. The standard InChI is InChI=1S/C21H39N5O3/c1-21(2,3)29-19(27)18(24-13-5-4-6-14-24)26(17-7-9-22-10-8-17)20(28)25-15-11-23-12-16-25/h17-18,22-23H,4-16H2,1-3H3/q+1. The molecular weight excluding hydrogens is 370 g/mol. The average Bonchev–Trinajstić information content (AvgIpc) is 2.72. The topological polar surface area (TPSA) is 79.8 Å². The number of nitrogens with zero attached hydrogens (tertiary/aromatic N) is 3. The molecule has 0 saturated carbocycles. The molecule has 8 nitrogen and oxygen atoms in total. The van der Waals surface area contributed by atoms with Gasteiger partial charge in [-0.2, -0.15) is 0 Å². The van der Waals surface area contributed by atoms with E-state index in [4.69, 9.17) is 4.74 Å². The Morgan fingerprint density at radius 3 is 2.17 bits per heavy atom. The number of hydrogen-bond donors (Lipinski definition) is 2. The maximum absolute atomic E-state index is 13.7. The van der Waals surface area contributed by atoms with E-state index in [0.29, 0.717) is 13.1 Å². The minimum Gasteiger partial charge on any atom is -0.454 e. The lowest BCUT2D eigenvalue weighted by atomic mass is 10.0. The summed E-state index contributed by atoms with van der Waals surface area (Å²) in [5.74, 6) is -0.290. The van der Waals surface area contributed by atoms with Crippen LogP contribution in [-0.2, 0) is 9.53 Å². The molecular formula is C21H39N5O3+. The van der Waals surface area contributed by atoms with Crippen LogP contribution in [0.15, 0.2) is 0 Å². The van der Waals surface area contributed by atoms with Crippen molar-refractivity contribution >= 4 is 12.0 Å². The molecule has 29 heavy (non-hydrogen) atoms. The van der Waals surface area contributed by atoms with E-state index in [1.54, 1.807) is 0 Å². The van der Waals surface area contributed by atoms with Crippen molar-refractivity contribution in [3.05, 3.63) is 0 Å². The normalized spacial score (nSPS) is 23.5. The van der Waals surface area contributed by atoms with Gasteiger partial charge in [-0.3, -0.25) is 4.90 Å². The van der Waals surface area contributed by atoms with Crippen LogP contribution in [0.3, 0.4) is 0 Å². The van der Waals surface area contributed by atoms with Crippen LogP contribution in [0, 0.1) is 0 Å². The monoisotopic (exact) mass is 409 g/mol. The Hall–Kier alpha value is -1.38. The summed E-state index contributed by atoms with van der Waals surface area (Å²) in [6.07, 6.45) is 4.38. The molecule has 1 atom stereocenters. The number of amides is 2. The van der Waals surface area contributed by atoms with Crippen LogP contribution in [0.2, 0.25) is 0 Å². The second-order valence-electron chi connectivity index (χ2n) is 9.41. The second kappa shape index (κ2) is 10.1. The van der Waals surface area contributed by atoms with Gasteiger partial charge in [0.25, 0.3) is 0 Å². The maximum atomic E-state index is 13.7. The molecule has 0 bridgehead atoms. The zero-order chi connectivity index (χ0) is 20.9. The molecule has 3 rings (SSSR count). The summed E-state index contributed by atoms with van der Waals surface area (Å²) >= 11 is 0. The van der Waals surface area contributed by atoms with Crippen LogP contribution in [0.1, 0.15) is 52.9 Å². The molecule has 0 aromatic rings. The Morgan fingerprint density at radius 2 is 1.59 bits per heavy atom. The minimum absolute atomic E-state index is 0.0140. The second-order valence-corrected chi connectivity index (χ2v) is 9.41. The first-order valence-electron chi connectivity index (χ1n) is 11.3. The number of hydrogen-bond acceptors (Lipinski definition) is 6. The number of carbonyl (C=O) groups is 2. The predicted molar refractivity (Wildman–Crippen MR) is 113 cm³/mol. The highest BCUT2D eigenvalue weighted by molar-refractivity contribution is 5.84. The van der Waals surface area contributed by atoms with E-state index >= 15 is 0 Å². The van der Waals surface area contributed by atoms with Gasteiger partial charge in [-0.15, -0.1) is 4.90 Å². The Balaban J connectivity index is 1.90. The number of piperazine rings is 1. The van der Waals surface area contributed by atoms with Gasteiger partial charge in [-0.25, -0.2) is 9.59 Å². The van der Waals surface area contributed by atoms with Gasteiger partial charge in [-0.05, 0) is 53.1 Å². The molecule has 165 valence electrons. The van der Waals surface area contributed by atoms with Gasteiger partial charge in [0, 0.05) is 45.1 Å². The summed E-state index contributed by atoms with van der Waals surface area (Å²) in [4.78, 5) is 33.1. The highest BCUT2D eigenvalue weighted by Crippen LogP contribution is 2.24. The number of urea groups is 1. The van der Waals surface area contributed by atoms with E-state index in [1.165, 1.54) is 6.42 Å². The summed E-state index contributed by atoms with van der Waals surface area (Å²) in [5, 5.41) is 6.69. The van der Waals surface area contributed by atoms with Crippen LogP contribution in [0.25, 0.3) is 0 Å². The first kappa shape index (κ1) is 22.3. The van der Waals surface area contributed by atoms with Gasteiger partial charge in [0.05, 0.1) is 0 Å². The van der Waals surface area contributed by atoms with Crippen molar-refractivity contribution in [2.75, 3.05) is 52.4 Å². The molecule has 3 heterocycles. The number of carbonyl (C=O) groups excluding carboxylic acids is 2. The summed E-state index contributed by atoms with van der Waals surface area (Å²) in [5.41, 5.74) is -0.580. The molecule has 2 amide bonds. The average molecular weight is 410 g/mol. The number of esters is 1. The number of ether oxygens (including phenoxy) is 1. The summed E-state index contributed by atoms with van der Waals surface area (Å²) < 4.78 is 5.84. The van der Waals surface area contributed by atoms with Crippen LogP contribution in [-0.4, -0.2) is 92.0 Å². The highest BCUT2D eigenvalue weighted by Gasteiger charge is 2.49. The minimum atomic E-state index is -0.639. The third-order valence-electron chi connectivity index (χ3n) is 5.93. The molecule has 0 spiro atoms. The smallest absolute Gasteiger partial charge is 0.393 e. The van der Waals surface area contributed by atoms with Gasteiger partial charge in [0.1, 0.15) is 18.7 Å². The van der Waals surface area contributed by atoms with Crippen LogP contribution >= 0.6 is 0 Å². The van der Waals surface area contributed by atoms with Crippen LogP contribution in [0.5, 0.6) is 0 Å². The summed E-state index contributed by atoms with van der Waals surface area (Å²) in [7, 11) is 0. The SMILES string of the molecule is CC(C)(C)OC(=O)C(N(C(=O)N1CCNCC1)C1CCNCC1)[N+]1CCCCC1. The lowest BCUT2D eigenvalue weighted by Crippen LogP contribution is -2.67. The number of likely N-dealkylation sites (tertiary alicyclic amines) is 1. The molecule has 3 fully saturated rings. The van der Waals surface area contributed by atoms with E-state index < -0.39 is 11.8 Å². The zero-order valence-electron chi connectivity index (χ0n) is 18.4. The quantitative estimate of drug-likeness (QED) is 0.536. The molecule has 3 aliphatic rings. The van der Waals surface area contributed by atoms with E-state index in [0.717, 1.165) is 65.0 Å². The van der Waals surface area contributed by atoms with E-state index in [9.17, 15) is 9.59 Å². The first-order chi connectivity index (χ1) is 13.9. The number of rotatable bonds is 4. The predicted octanol–water partition coefficient (Wildman–Crippen LogP) is 1.06. The molecule has 0 aromatic carbocycles. The molecule has 2 N–H and O–H groups in total. The lowest BCUT2D eigenvalue weighted by Gasteiger charge is -2.42. The molecule has 8 heteroatoms. The van der Waals surface area contributed by atoms with Gasteiger partial charge in [0.15, 0.2) is 0 Å². The van der Waals surface area contributed by atoms with Crippen molar-refractivity contribution in [2.24, 2.45) is 0 Å². The van der Waals surface area contributed by atoms with Crippen molar-refractivity contribution < 1.29 is 14.3 Å². The Bertz CT molecular complexity index is 547. The fraction of sp³-hybridized carbons (Fsp3) is 0.905. The highest BCUT2D eigenvalue weighted by atomic mass is 16.6. The van der Waals surface area contributed by atoms with Crippen molar-refractivity contribution in [2.45, 2.75) is 70.7 Å². The van der Waals surface area contributed by atoms with E-state index in [1.807, 2.05) is 30.6 Å². The van der Waals surface area contributed by atoms with Crippen molar-refractivity contribution in [1.82, 2.24) is 25.3 Å². The Morgan fingerprint density at radius 1 is 1.00 bits per heavy atom. The largest absolute Gasteiger partial charge is 0.454 e. The van der Waals surface area contributed by atoms with Gasteiger partial charge >= 0.3 is 18.2 Å². The molecule has 3 aliphatic heterocycles. The third-order valence-corrected chi connectivity index (χ3v) is 5.93. The zero-order valence-corrected chi connectivity index (χ0v) is 18.4. The molecule has 0 aromatic heterocycles. The first-order valence-corrected chi connectivity index (χ1v) is 11.3. The van der Waals surface area contributed by atoms with Crippen molar-refractivity contribution in [3.8, 4) is 0 Å². The van der Waals surface area contributed by atoms with Gasteiger partial charge in [-0.1, -0.05) is 0 Å². The van der Waals surface area contributed by atoms with E-state index in [2.05, 4.69) is 15.5 Å². The summed E-state index contributed by atoms with van der Waals surface area (Å²) in [6, 6.07) is 0.0397. The van der Waals surface area contributed by atoms with Crippen molar-refractivity contribution in [1.29, 1.82) is 0 Å². The lowest BCUT2D eigenvalue weighted by molar-refractivity contribution is -0.166. The van der Waals surface area contributed by atoms with Crippen LogP contribution < -0.4 is 15.5 Å². The Labute approximate surface area is 175 Å². The van der Waals surface area contributed by atoms with E-state index in [-0.39, 0.29) is 18.0 Å². The molecule has 0 aliphatic carbocycles. The number of nitrogens with one attached hydrogen (secondary N) is 2. The molecule has 1 radical (unpaired) electrons. The number of piperidine rings is 2. The maximum Gasteiger partial charge on any atom is 0.393 e. The van der Waals surface area contributed by atoms with Crippen molar-refractivity contribution in [3.63, 3.8) is 0 Å².